The second-order valence-corrected chi connectivity index (χ2v) is 10.2. The van der Waals surface area contributed by atoms with Gasteiger partial charge in [-0.1, -0.05) is 55.6 Å². The van der Waals surface area contributed by atoms with Crippen molar-refractivity contribution in [2.24, 2.45) is 0 Å². The molecule has 0 unspecified atom stereocenters. The fourth-order valence-corrected chi connectivity index (χ4v) is 5.29. The van der Waals surface area contributed by atoms with Gasteiger partial charge in [-0.3, -0.25) is 9.59 Å². The van der Waals surface area contributed by atoms with E-state index in [1.54, 1.807) is 41.3 Å². The molecule has 194 valence electrons. The van der Waals surface area contributed by atoms with Gasteiger partial charge in [0.15, 0.2) is 5.76 Å². The Morgan fingerprint density at radius 2 is 1.86 bits per heavy atom. The molecule has 5 rings (SSSR count). The summed E-state index contributed by atoms with van der Waals surface area (Å²) in [7, 11) is 0. The molecule has 1 fully saturated rings. The van der Waals surface area contributed by atoms with Gasteiger partial charge < -0.3 is 24.5 Å². The minimum absolute atomic E-state index is 0.213. The third-order valence-electron chi connectivity index (χ3n) is 7.36. The molecule has 0 saturated heterocycles. The number of aliphatic hydroxyl groups is 1. The molecule has 0 atom stereocenters. The van der Waals surface area contributed by atoms with Crippen molar-refractivity contribution in [2.75, 3.05) is 6.54 Å². The van der Waals surface area contributed by atoms with E-state index in [9.17, 15) is 14.7 Å². The SMILES string of the molecule is O=C(NCC1(O)CCCCCC1)c1cccc2c(=O)n(CC3=COC=C(CC4=CC=CCC4)O3)ccc12. The maximum Gasteiger partial charge on any atom is 0.258 e. The number of benzene rings is 1. The number of hydrogen-bond donors (Lipinski definition) is 2. The highest BCUT2D eigenvalue weighted by Gasteiger charge is 2.28. The van der Waals surface area contributed by atoms with Crippen molar-refractivity contribution in [2.45, 2.75) is 69.9 Å². The van der Waals surface area contributed by atoms with Crippen molar-refractivity contribution in [1.82, 2.24) is 9.88 Å². The number of pyridine rings is 1. The predicted octanol–water partition coefficient (Wildman–Crippen LogP) is 5.21. The van der Waals surface area contributed by atoms with Crippen molar-refractivity contribution in [1.29, 1.82) is 0 Å². The summed E-state index contributed by atoms with van der Waals surface area (Å²) in [6.07, 6.45) is 19.3. The lowest BCUT2D eigenvalue weighted by Crippen LogP contribution is -2.42. The van der Waals surface area contributed by atoms with Gasteiger partial charge in [-0.25, -0.2) is 0 Å². The summed E-state index contributed by atoms with van der Waals surface area (Å²) in [5.41, 5.74) is 0.626. The number of carbonyl (C=O) groups is 1. The van der Waals surface area contributed by atoms with Gasteiger partial charge in [0.2, 0.25) is 0 Å². The Hall–Kier alpha value is -3.58. The molecular weight excluding hydrogens is 468 g/mol. The molecule has 2 aliphatic carbocycles. The van der Waals surface area contributed by atoms with Crippen LogP contribution in [-0.2, 0) is 16.0 Å². The summed E-state index contributed by atoms with van der Waals surface area (Å²) in [6.45, 7) is 0.433. The molecule has 37 heavy (non-hydrogen) atoms. The highest BCUT2D eigenvalue weighted by Crippen LogP contribution is 2.27. The predicted molar refractivity (Wildman–Crippen MR) is 143 cm³/mol. The molecule has 0 bridgehead atoms. The van der Waals surface area contributed by atoms with E-state index in [4.69, 9.17) is 9.47 Å². The van der Waals surface area contributed by atoms with Crippen LogP contribution in [0.1, 0.15) is 68.1 Å². The Kier molecular flexibility index (Phi) is 7.60. The zero-order valence-electron chi connectivity index (χ0n) is 21.1. The molecule has 2 aromatic rings. The number of fused-ring (bicyclic) bond motifs is 1. The number of carbonyl (C=O) groups excluding carboxylic acids is 1. The number of hydrogen-bond acceptors (Lipinski definition) is 5. The first-order valence-corrected chi connectivity index (χ1v) is 13.2. The first kappa shape index (κ1) is 25.1. The smallest absolute Gasteiger partial charge is 0.258 e. The van der Waals surface area contributed by atoms with Crippen LogP contribution >= 0.6 is 0 Å². The van der Waals surface area contributed by atoms with E-state index in [0.29, 0.717) is 47.1 Å². The van der Waals surface area contributed by atoms with Gasteiger partial charge >= 0.3 is 0 Å². The lowest BCUT2D eigenvalue weighted by Gasteiger charge is -2.27. The van der Waals surface area contributed by atoms with Crippen LogP contribution in [0.4, 0.5) is 0 Å². The first-order valence-electron chi connectivity index (χ1n) is 13.2. The van der Waals surface area contributed by atoms with Crippen LogP contribution in [-0.4, -0.2) is 27.7 Å². The standard InChI is InChI=1S/C30H34N2O5/c33-28(31-21-30(35)14-6-1-2-7-15-30)26-11-8-12-27-25(26)13-16-32(29(27)34)18-24-20-36-19-23(37-24)17-22-9-4-3-5-10-22/h3-4,8-9,11-13,16,19-20,35H,1-2,5-7,10,14-15,17-18,21H2,(H,31,33). The largest absolute Gasteiger partial charge is 0.465 e. The average molecular weight is 503 g/mol. The third-order valence-corrected chi connectivity index (χ3v) is 7.36. The number of nitrogens with one attached hydrogen (secondary N) is 1. The maximum absolute atomic E-state index is 13.3. The fourth-order valence-electron chi connectivity index (χ4n) is 5.29. The number of rotatable bonds is 7. The first-order chi connectivity index (χ1) is 18.0. The Balaban J connectivity index is 1.28. The van der Waals surface area contributed by atoms with E-state index in [2.05, 4.69) is 23.5 Å². The summed E-state index contributed by atoms with van der Waals surface area (Å²) in [5.74, 6) is 0.965. The number of ether oxygens (including phenoxy) is 2. The Morgan fingerprint density at radius 3 is 2.65 bits per heavy atom. The molecule has 7 nitrogen and oxygen atoms in total. The van der Waals surface area contributed by atoms with Crippen molar-refractivity contribution in [3.05, 3.63) is 94.2 Å². The van der Waals surface area contributed by atoms with Gasteiger partial charge in [-0.15, -0.1) is 0 Å². The zero-order valence-corrected chi connectivity index (χ0v) is 21.1. The molecule has 1 aromatic heterocycles. The molecule has 0 radical (unpaired) electrons. The number of aromatic nitrogens is 1. The van der Waals surface area contributed by atoms with E-state index < -0.39 is 5.60 Å². The zero-order chi connectivity index (χ0) is 25.7. The van der Waals surface area contributed by atoms with E-state index >= 15 is 0 Å². The Morgan fingerprint density at radius 1 is 1.05 bits per heavy atom. The molecule has 7 heteroatoms. The van der Waals surface area contributed by atoms with Crippen LogP contribution in [0, 0.1) is 0 Å². The molecular formula is C30H34N2O5. The molecule has 3 aliphatic rings. The van der Waals surface area contributed by atoms with Crippen molar-refractivity contribution in [3.63, 3.8) is 0 Å². The van der Waals surface area contributed by atoms with Crippen molar-refractivity contribution >= 4 is 16.7 Å². The van der Waals surface area contributed by atoms with Gasteiger partial charge in [0, 0.05) is 35.5 Å². The van der Waals surface area contributed by atoms with Gasteiger partial charge in [-0.2, -0.15) is 0 Å². The molecule has 0 spiro atoms. The molecule has 1 saturated carbocycles. The summed E-state index contributed by atoms with van der Waals surface area (Å²) < 4.78 is 13.1. The molecule has 1 aliphatic heterocycles. The van der Waals surface area contributed by atoms with E-state index in [0.717, 1.165) is 38.5 Å². The number of nitrogens with zero attached hydrogens (tertiary/aromatic N) is 1. The molecule has 2 heterocycles. The van der Waals surface area contributed by atoms with Crippen molar-refractivity contribution < 1.29 is 19.4 Å². The minimum atomic E-state index is -0.864. The number of allylic oxidation sites excluding steroid dienone is 5. The van der Waals surface area contributed by atoms with E-state index in [1.165, 1.54) is 11.8 Å². The van der Waals surface area contributed by atoms with Crippen LogP contribution in [0.5, 0.6) is 0 Å². The highest BCUT2D eigenvalue weighted by molar-refractivity contribution is 6.06. The van der Waals surface area contributed by atoms with E-state index in [-0.39, 0.29) is 24.6 Å². The monoisotopic (exact) mass is 502 g/mol. The normalized spacial score (nSPS) is 19.1. The van der Waals surface area contributed by atoms with Gasteiger partial charge in [0.05, 0.1) is 12.1 Å². The fraction of sp³-hybridized carbons (Fsp3) is 0.400. The van der Waals surface area contributed by atoms with Crippen molar-refractivity contribution in [3.8, 4) is 0 Å². The van der Waals surface area contributed by atoms with Crippen LogP contribution in [0.25, 0.3) is 10.8 Å². The second-order valence-electron chi connectivity index (χ2n) is 10.2. The Bertz CT molecular complexity index is 1340. The summed E-state index contributed by atoms with van der Waals surface area (Å²) >= 11 is 0. The van der Waals surface area contributed by atoms with E-state index in [1.807, 2.05) is 0 Å². The molecule has 1 amide bonds. The number of amides is 1. The summed E-state index contributed by atoms with van der Waals surface area (Å²) in [5, 5.41) is 14.8. The lowest BCUT2D eigenvalue weighted by molar-refractivity contribution is 0.0247. The lowest BCUT2D eigenvalue weighted by atomic mass is 9.94. The molecule has 1 aromatic carbocycles. The van der Waals surface area contributed by atoms with Gasteiger partial charge in [0.1, 0.15) is 18.3 Å². The van der Waals surface area contributed by atoms with Crippen LogP contribution in [0.2, 0.25) is 0 Å². The van der Waals surface area contributed by atoms with Gasteiger partial charge in [0.25, 0.3) is 11.5 Å². The van der Waals surface area contributed by atoms with Crippen LogP contribution in [0.3, 0.4) is 0 Å². The maximum atomic E-state index is 13.3. The second kappa shape index (κ2) is 11.2. The molecule has 2 N–H and O–H groups in total. The minimum Gasteiger partial charge on any atom is -0.465 e. The highest BCUT2D eigenvalue weighted by atomic mass is 16.5. The average Bonchev–Trinajstić information content (AvgIpc) is 3.14. The quantitative estimate of drug-likeness (QED) is 0.507. The summed E-state index contributed by atoms with van der Waals surface area (Å²) in [4.78, 5) is 26.4. The van der Waals surface area contributed by atoms with Crippen LogP contribution < -0.4 is 10.9 Å². The summed E-state index contributed by atoms with van der Waals surface area (Å²) in [6, 6.07) is 6.94. The van der Waals surface area contributed by atoms with Gasteiger partial charge in [-0.05, 0) is 43.9 Å². The third kappa shape index (κ3) is 6.05. The topological polar surface area (TPSA) is 89.8 Å². The van der Waals surface area contributed by atoms with Crippen LogP contribution in [0.15, 0.2) is 83.1 Å². The Labute approximate surface area is 216 Å².